The second-order valence-corrected chi connectivity index (χ2v) is 10.8. The van der Waals surface area contributed by atoms with Gasteiger partial charge < -0.3 is 13.7 Å². The van der Waals surface area contributed by atoms with Gasteiger partial charge in [0.05, 0.1) is 27.6 Å². The van der Waals surface area contributed by atoms with E-state index in [4.69, 9.17) is 19.1 Å². The highest BCUT2D eigenvalue weighted by atomic mass is 16.5. The molecule has 0 aliphatic rings. The maximum absolute atomic E-state index is 6.47. The second kappa shape index (κ2) is 9.06. The van der Waals surface area contributed by atoms with Crippen molar-refractivity contribution >= 4 is 54.9 Å². The standard InChI is InChI=1S/C37H24N4O2/c1-40-31-16-4-3-15-30(31)39-36(40)23-9-6-11-25(21-23)42-26-12-7-10-24(22-26)41-35-27(28-14-8-20-38-37(28)41)18-19-33-34(35)29-13-2-5-17-32(29)43-33/h2-22H,1H3. The molecule has 4 aromatic heterocycles. The largest absolute Gasteiger partial charge is 0.457 e. The molecule has 43 heavy (non-hydrogen) atoms. The van der Waals surface area contributed by atoms with E-state index in [2.05, 4.69) is 63.7 Å². The summed E-state index contributed by atoms with van der Waals surface area (Å²) in [6, 6.07) is 40.9. The lowest BCUT2D eigenvalue weighted by molar-refractivity contribution is 0.482. The summed E-state index contributed by atoms with van der Waals surface area (Å²) in [7, 11) is 2.04. The number of imidazole rings is 1. The van der Waals surface area contributed by atoms with Gasteiger partial charge in [-0.25, -0.2) is 9.97 Å². The van der Waals surface area contributed by atoms with Crippen LogP contribution in [0.25, 0.3) is 72.0 Å². The molecule has 0 aliphatic heterocycles. The molecule has 4 heterocycles. The lowest BCUT2D eigenvalue weighted by atomic mass is 10.1. The number of furan rings is 1. The number of para-hydroxylation sites is 3. The topological polar surface area (TPSA) is 58.0 Å². The van der Waals surface area contributed by atoms with Crippen molar-refractivity contribution in [3.8, 4) is 28.6 Å². The van der Waals surface area contributed by atoms with E-state index in [1.54, 1.807) is 0 Å². The highest BCUT2D eigenvalue weighted by molar-refractivity contribution is 6.24. The minimum absolute atomic E-state index is 0.731. The van der Waals surface area contributed by atoms with Crippen molar-refractivity contribution in [3.63, 3.8) is 0 Å². The zero-order valence-corrected chi connectivity index (χ0v) is 23.2. The number of nitrogens with zero attached hydrogens (tertiary/aromatic N) is 4. The van der Waals surface area contributed by atoms with Crippen LogP contribution in [-0.4, -0.2) is 19.1 Å². The molecule has 5 aromatic carbocycles. The lowest BCUT2D eigenvalue weighted by Crippen LogP contribution is -1.96. The first kappa shape index (κ1) is 23.8. The predicted octanol–water partition coefficient (Wildman–Crippen LogP) is 9.42. The van der Waals surface area contributed by atoms with Gasteiger partial charge in [-0.2, -0.15) is 0 Å². The third-order valence-corrected chi connectivity index (χ3v) is 8.22. The molecule has 9 rings (SSSR count). The Labute approximate surface area is 246 Å². The predicted molar refractivity (Wildman–Crippen MR) is 172 cm³/mol. The number of aryl methyl sites for hydroxylation is 1. The molecular weight excluding hydrogens is 532 g/mol. The Morgan fingerprint density at radius 2 is 1.49 bits per heavy atom. The number of hydrogen-bond donors (Lipinski definition) is 0. The Balaban J connectivity index is 1.19. The third-order valence-electron chi connectivity index (χ3n) is 8.22. The van der Waals surface area contributed by atoms with E-state index >= 15 is 0 Å². The Hall–Kier alpha value is -5.88. The Morgan fingerprint density at radius 1 is 0.674 bits per heavy atom. The molecule has 0 bridgehead atoms. The number of aromatic nitrogens is 4. The molecule has 0 amide bonds. The molecule has 204 valence electrons. The van der Waals surface area contributed by atoms with Crippen LogP contribution in [0, 0.1) is 0 Å². The Morgan fingerprint density at radius 3 is 2.42 bits per heavy atom. The third kappa shape index (κ3) is 3.60. The van der Waals surface area contributed by atoms with Gasteiger partial charge in [0, 0.05) is 41.0 Å². The summed E-state index contributed by atoms with van der Waals surface area (Å²) in [5.74, 6) is 2.37. The van der Waals surface area contributed by atoms with Crippen LogP contribution < -0.4 is 4.74 Å². The van der Waals surface area contributed by atoms with Crippen LogP contribution in [0.15, 0.2) is 132 Å². The molecule has 9 aromatic rings. The highest BCUT2D eigenvalue weighted by Crippen LogP contribution is 2.40. The van der Waals surface area contributed by atoms with Crippen molar-refractivity contribution in [2.24, 2.45) is 7.05 Å². The summed E-state index contributed by atoms with van der Waals surface area (Å²) in [6.07, 6.45) is 1.84. The Bertz CT molecular complexity index is 2520. The average Bonchev–Trinajstić information content (AvgIpc) is 3.70. The van der Waals surface area contributed by atoms with Gasteiger partial charge in [0.1, 0.15) is 34.1 Å². The minimum Gasteiger partial charge on any atom is -0.457 e. The van der Waals surface area contributed by atoms with E-state index in [0.29, 0.717) is 0 Å². The van der Waals surface area contributed by atoms with Gasteiger partial charge in [0.15, 0.2) is 0 Å². The zero-order valence-electron chi connectivity index (χ0n) is 23.2. The molecule has 0 saturated heterocycles. The first-order valence-electron chi connectivity index (χ1n) is 14.2. The summed E-state index contributed by atoms with van der Waals surface area (Å²) in [5, 5.41) is 4.38. The van der Waals surface area contributed by atoms with Crippen LogP contribution in [0.5, 0.6) is 11.5 Å². The fourth-order valence-corrected chi connectivity index (χ4v) is 6.32. The quantitative estimate of drug-likeness (QED) is 0.217. The van der Waals surface area contributed by atoms with Gasteiger partial charge in [-0.05, 0) is 66.7 Å². The molecule has 0 atom stereocenters. The second-order valence-electron chi connectivity index (χ2n) is 10.8. The van der Waals surface area contributed by atoms with E-state index in [-0.39, 0.29) is 0 Å². The van der Waals surface area contributed by atoms with Crippen molar-refractivity contribution in [1.82, 2.24) is 19.1 Å². The smallest absolute Gasteiger partial charge is 0.145 e. The lowest BCUT2D eigenvalue weighted by Gasteiger charge is -2.12. The molecule has 0 spiro atoms. The summed E-state index contributed by atoms with van der Waals surface area (Å²) in [6.45, 7) is 0. The van der Waals surface area contributed by atoms with Gasteiger partial charge in [0.25, 0.3) is 0 Å². The highest BCUT2D eigenvalue weighted by Gasteiger charge is 2.20. The van der Waals surface area contributed by atoms with E-state index in [1.165, 1.54) is 0 Å². The molecule has 0 radical (unpaired) electrons. The van der Waals surface area contributed by atoms with Crippen molar-refractivity contribution in [2.75, 3.05) is 0 Å². The van der Waals surface area contributed by atoms with E-state index in [0.717, 1.165) is 83.5 Å². The van der Waals surface area contributed by atoms with Gasteiger partial charge in [-0.3, -0.25) is 4.57 Å². The molecule has 0 fully saturated rings. The minimum atomic E-state index is 0.731. The molecule has 6 heteroatoms. The van der Waals surface area contributed by atoms with Crippen LogP contribution >= 0.6 is 0 Å². The van der Waals surface area contributed by atoms with Crippen molar-refractivity contribution in [3.05, 3.63) is 128 Å². The molecule has 0 aliphatic carbocycles. The zero-order chi connectivity index (χ0) is 28.5. The average molecular weight is 557 g/mol. The van der Waals surface area contributed by atoms with Crippen LogP contribution in [0.4, 0.5) is 0 Å². The number of hydrogen-bond acceptors (Lipinski definition) is 4. The number of ether oxygens (including phenoxy) is 1. The number of pyridine rings is 1. The summed E-state index contributed by atoms with van der Waals surface area (Å²) >= 11 is 0. The molecule has 0 N–H and O–H groups in total. The number of benzene rings is 5. The molecule has 0 saturated carbocycles. The van der Waals surface area contributed by atoms with E-state index in [1.807, 2.05) is 80.0 Å². The molecule has 6 nitrogen and oxygen atoms in total. The maximum atomic E-state index is 6.47. The summed E-state index contributed by atoms with van der Waals surface area (Å²) in [5.41, 5.74) is 7.69. The SMILES string of the molecule is Cn1c(-c2cccc(Oc3cccc(-n4c5ncccc5c5ccc6oc7ccccc7c6c54)c3)c2)nc2ccccc21. The van der Waals surface area contributed by atoms with Crippen molar-refractivity contribution in [1.29, 1.82) is 0 Å². The fraction of sp³-hybridized carbons (Fsp3) is 0.0270. The summed E-state index contributed by atoms with van der Waals surface area (Å²) < 4.78 is 17.1. The normalized spacial score (nSPS) is 11.8. The fourth-order valence-electron chi connectivity index (χ4n) is 6.32. The van der Waals surface area contributed by atoms with Gasteiger partial charge >= 0.3 is 0 Å². The molecular formula is C37H24N4O2. The maximum Gasteiger partial charge on any atom is 0.145 e. The van der Waals surface area contributed by atoms with Gasteiger partial charge in [0.2, 0.25) is 0 Å². The van der Waals surface area contributed by atoms with Gasteiger partial charge in [-0.1, -0.05) is 48.5 Å². The van der Waals surface area contributed by atoms with E-state index in [9.17, 15) is 0 Å². The van der Waals surface area contributed by atoms with Gasteiger partial charge in [-0.15, -0.1) is 0 Å². The number of rotatable bonds is 4. The first-order valence-corrected chi connectivity index (χ1v) is 14.2. The van der Waals surface area contributed by atoms with Crippen LogP contribution in [0.1, 0.15) is 0 Å². The van der Waals surface area contributed by atoms with Crippen LogP contribution in [0.3, 0.4) is 0 Å². The number of fused-ring (bicyclic) bond motifs is 8. The van der Waals surface area contributed by atoms with Crippen LogP contribution in [0.2, 0.25) is 0 Å². The van der Waals surface area contributed by atoms with Crippen LogP contribution in [-0.2, 0) is 7.05 Å². The monoisotopic (exact) mass is 556 g/mol. The van der Waals surface area contributed by atoms with Crippen molar-refractivity contribution in [2.45, 2.75) is 0 Å². The molecule has 0 unspecified atom stereocenters. The Kier molecular flexibility index (Phi) is 5.01. The first-order chi connectivity index (χ1) is 21.2. The van der Waals surface area contributed by atoms with Crippen molar-refractivity contribution < 1.29 is 9.15 Å². The van der Waals surface area contributed by atoms with E-state index < -0.39 is 0 Å². The summed E-state index contributed by atoms with van der Waals surface area (Å²) in [4.78, 5) is 9.70.